The fourth-order valence-electron chi connectivity index (χ4n) is 2.30. The molecule has 0 aliphatic heterocycles. The Bertz CT molecular complexity index is 763. The van der Waals surface area contributed by atoms with E-state index in [2.05, 4.69) is 12.2 Å². The average molecular weight is 377 g/mol. The second-order valence-electron chi connectivity index (χ2n) is 5.77. The van der Waals surface area contributed by atoms with Gasteiger partial charge in [0.15, 0.2) is 0 Å². The van der Waals surface area contributed by atoms with E-state index >= 15 is 0 Å². The molecule has 0 fully saturated rings. The Morgan fingerprint density at radius 2 is 1.96 bits per heavy atom. The maximum atomic E-state index is 12.2. The SMILES string of the molecule is CCCCOc1ccc(CCNC(=O)c2ccc([N+](=O)[O-])cc2Cl)cc1. The van der Waals surface area contributed by atoms with Crippen LogP contribution in [0.15, 0.2) is 42.5 Å². The van der Waals surface area contributed by atoms with Crippen molar-refractivity contribution in [2.75, 3.05) is 13.2 Å². The number of nitro groups is 1. The molecule has 1 amide bonds. The van der Waals surface area contributed by atoms with Crippen LogP contribution in [0.5, 0.6) is 5.75 Å². The van der Waals surface area contributed by atoms with Crippen molar-refractivity contribution in [1.29, 1.82) is 0 Å². The van der Waals surface area contributed by atoms with Gasteiger partial charge in [-0.3, -0.25) is 14.9 Å². The summed E-state index contributed by atoms with van der Waals surface area (Å²) in [4.78, 5) is 22.3. The van der Waals surface area contributed by atoms with Gasteiger partial charge >= 0.3 is 0 Å². The summed E-state index contributed by atoms with van der Waals surface area (Å²) in [6.45, 7) is 3.26. The first kappa shape index (κ1) is 19.7. The number of hydrogen-bond donors (Lipinski definition) is 1. The molecule has 2 rings (SSSR count). The Morgan fingerprint density at radius 1 is 1.23 bits per heavy atom. The van der Waals surface area contributed by atoms with Crippen LogP contribution in [0.25, 0.3) is 0 Å². The predicted molar refractivity (Wildman–Crippen MR) is 101 cm³/mol. The second kappa shape index (κ2) is 9.77. The summed E-state index contributed by atoms with van der Waals surface area (Å²) < 4.78 is 5.61. The van der Waals surface area contributed by atoms with Gasteiger partial charge in [-0.15, -0.1) is 0 Å². The monoisotopic (exact) mass is 376 g/mol. The summed E-state index contributed by atoms with van der Waals surface area (Å²) in [5.74, 6) is 0.480. The first-order valence-corrected chi connectivity index (χ1v) is 8.83. The van der Waals surface area contributed by atoms with Gasteiger partial charge in [0.1, 0.15) is 5.75 Å². The van der Waals surface area contributed by atoms with Gasteiger partial charge in [0.2, 0.25) is 0 Å². The Hall–Kier alpha value is -2.60. The number of ether oxygens (including phenoxy) is 1. The van der Waals surface area contributed by atoms with Crippen molar-refractivity contribution in [2.24, 2.45) is 0 Å². The Labute approximate surface area is 157 Å². The van der Waals surface area contributed by atoms with Crippen LogP contribution >= 0.6 is 11.6 Å². The number of rotatable bonds is 9. The van der Waals surface area contributed by atoms with Crippen LogP contribution in [0.4, 0.5) is 5.69 Å². The molecule has 0 spiro atoms. The molecule has 0 aromatic heterocycles. The van der Waals surface area contributed by atoms with Gasteiger partial charge in [-0.2, -0.15) is 0 Å². The molecule has 1 N–H and O–H groups in total. The van der Waals surface area contributed by atoms with Gasteiger partial charge in [0, 0.05) is 18.7 Å². The highest BCUT2D eigenvalue weighted by Crippen LogP contribution is 2.22. The third kappa shape index (κ3) is 5.74. The quantitative estimate of drug-likeness (QED) is 0.399. The summed E-state index contributed by atoms with van der Waals surface area (Å²) in [6, 6.07) is 11.6. The highest BCUT2D eigenvalue weighted by atomic mass is 35.5. The first-order valence-electron chi connectivity index (χ1n) is 8.45. The van der Waals surface area contributed by atoms with E-state index < -0.39 is 4.92 Å². The molecule has 6 nitrogen and oxygen atoms in total. The average Bonchev–Trinajstić information content (AvgIpc) is 2.63. The molecule has 0 aliphatic rings. The largest absolute Gasteiger partial charge is 0.494 e. The van der Waals surface area contributed by atoms with Crippen LogP contribution in [0.1, 0.15) is 35.7 Å². The van der Waals surface area contributed by atoms with Crippen molar-refractivity contribution >= 4 is 23.2 Å². The smallest absolute Gasteiger partial charge is 0.270 e. The minimum Gasteiger partial charge on any atom is -0.494 e. The van der Waals surface area contributed by atoms with Crippen LogP contribution in [0, 0.1) is 10.1 Å². The molecule has 2 aromatic carbocycles. The Balaban J connectivity index is 1.83. The summed E-state index contributed by atoms with van der Waals surface area (Å²) in [5.41, 5.74) is 1.15. The third-order valence-electron chi connectivity index (χ3n) is 3.80. The van der Waals surface area contributed by atoms with Crippen LogP contribution in [-0.2, 0) is 6.42 Å². The lowest BCUT2D eigenvalue weighted by Crippen LogP contribution is -2.26. The molecule has 7 heteroatoms. The van der Waals surface area contributed by atoms with E-state index in [0.717, 1.165) is 24.2 Å². The van der Waals surface area contributed by atoms with Crippen molar-refractivity contribution in [3.8, 4) is 5.75 Å². The molecule has 0 aliphatic carbocycles. The van der Waals surface area contributed by atoms with Crippen molar-refractivity contribution < 1.29 is 14.5 Å². The minimum atomic E-state index is -0.552. The number of non-ortho nitro benzene ring substituents is 1. The molecule has 26 heavy (non-hydrogen) atoms. The third-order valence-corrected chi connectivity index (χ3v) is 4.11. The number of carbonyl (C=O) groups is 1. The normalized spacial score (nSPS) is 10.4. The maximum Gasteiger partial charge on any atom is 0.270 e. The Morgan fingerprint density at radius 3 is 2.58 bits per heavy atom. The molecule has 0 saturated carbocycles. The van der Waals surface area contributed by atoms with E-state index in [1.54, 1.807) is 0 Å². The van der Waals surface area contributed by atoms with E-state index in [1.165, 1.54) is 18.2 Å². The molecule has 0 radical (unpaired) electrons. The standard InChI is InChI=1S/C19H21ClN2O4/c1-2-3-12-26-16-7-4-14(5-8-16)10-11-21-19(23)17-9-6-15(22(24)25)13-18(17)20/h4-9,13H,2-3,10-12H2,1H3,(H,21,23). The maximum absolute atomic E-state index is 12.2. The lowest BCUT2D eigenvalue weighted by molar-refractivity contribution is -0.384. The van der Waals surface area contributed by atoms with E-state index in [-0.39, 0.29) is 22.2 Å². The lowest BCUT2D eigenvalue weighted by atomic mass is 10.1. The van der Waals surface area contributed by atoms with Crippen LogP contribution < -0.4 is 10.1 Å². The second-order valence-corrected chi connectivity index (χ2v) is 6.18. The summed E-state index contributed by atoms with van der Waals surface area (Å²) in [7, 11) is 0. The number of nitrogens with one attached hydrogen (secondary N) is 1. The predicted octanol–water partition coefficient (Wildman–Crippen LogP) is 4.40. The molecule has 0 atom stereocenters. The molecule has 0 unspecified atom stereocenters. The zero-order chi connectivity index (χ0) is 18.9. The Kier molecular flexibility index (Phi) is 7.41. The molecule has 2 aromatic rings. The molecular weight excluding hydrogens is 356 g/mol. The number of halogens is 1. The van der Waals surface area contributed by atoms with Crippen molar-refractivity contribution in [3.05, 3.63) is 68.7 Å². The minimum absolute atomic E-state index is 0.0604. The molecule has 0 heterocycles. The fourth-order valence-corrected chi connectivity index (χ4v) is 2.56. The molecule has 138 valence electrons. The highest BCUT2D eigenvalue weighted by molar-refractivity contribution is 6.34. The number of nitro benzene ring substituents is 1. The number of unbranched alkanes of at least 4 members (excludes halogenated alkanes) is 1. The van der Waals surface area contributed by atoms with Crippen molar-refractivity contribution in [2.45, 2.75) is 26.2 Å². The molecule has 0 saturated heterocycles. The van der Waals surface area contributed by atoms with Crippen LogP contribution in [0.3, 0.4) is 0 Å². The number of hydrogen-bond acceptors (Lipinski definition) is 4. The molecule has 0 bridgehead atoms. The summed E-state index contributed by atoms with van der Waals surface area (Å²) in [6.07, 6.45) is 2.78. The first-order chi connectivity index (χ1) is 12.5. The van der Waals surface area contributed by atoms with Crippen molar-refractivity contribution in [1.82, 2.24) is 5.32 Å². The van der Waals surface area contributed by atoms with Gasteiger partial charge in [0.25, 0.3) is 11.6 Å². The van der Waals surface area contributed by atoms with Gasteiger partial charge in [0.05, 0.1) is 22.1 Å². The highest BCUT2D eigenvalue weighted by Gasteiger charge is 2.14. The van der Waals surface area contributed by atoms with Gasteiger partial charge in [-0.1, -0.05) is 37.1 Å². The zero-order valence-electron chi connectivity index (χ0n) is 14.5. The van der Waals surface area contributed by atoms with Gasteiger partial charge in [-0.25, -0.2) is 0 Å². The van der Waals surface area contributed by atoms with Gasteiger partial charge < -0.3 is 10.1 Å². The van der Waals surface area contributed by atoms with Crippen LogP contribution in [0.2, 0.25) is 5.02 Å². The summed E-state index contributed by atoms with van der Waals surface area (Å²) in [5, 5.41) is 13.5. The van der Waals surface area contributed by atoms with E-state index in [4.69, 9.17) is 16.3 Å². The lowest BCUT2D eigenvalue weighted by Gasteiger charge is -2.08. The topological polar surface area (TPSA) is 81.5 Å². The number of amides is 1. The zero-order valence-corrected chi connectivity index (χ0v) is 15.3. The van der Waals surface area contributed by atoms with E-state index in [1.807, 2.05) is 24.3 Å². The van der Waals surface area contributed by atoms with Crippen LogP contribution in [-0.4, -0.2) is 24.0 Å². The molecular formula is C19H21ClN2O4. The number of nitrogens with zero attached hydrogens (tertiary/aromatic N) is 1. The number of carbonyl (C=O) groups excluding carboxylic acids is 1. The van der Waals surface area contributed by atoms with Crippen molar-refractivity contribution in [3.63, 3.8) is 0 Å². The van der Waals surface area contributed by atoms with Gasteiger partial charge in [-0.05, 0) is 36.6 Å². The summed E-state index contributed by atoms with van der Waals surface area (Å²) >= 11 is 5.95. The van der Waals surface area contributed by atoms with E-state index in [9.17, 15) is 14.9 Å². The fraction of sp³-hybridized carbons (Fsp3) is 0.316. The number of benzene rings is 2. The van der Waals surface area contributed by atoms with E-state index in [0.29, 0.717) is 19.6 Å².